The summed E-state index contributed by atoms with van der Waals surface area (Å²) in [5, 5.41) is 7.01. The average Bonchev–Trinajstić information content (AvgIpc) is 3.45. The second-order valence-corrected chi connectivity index (χ2v) is 10.9. The summed E-state index contributed by atoms with van der Waals surface area (Å²) in [6, 6.07) is 38.2. The molecule has 7 rings (SSSR count). The van der Waals surface area contributed by atoms with Gasteiger partial charge in [-0.2, -0.15) is 0 Å². The Morgan fingerprint density at radius 1 is 0.718 bits per heavy atom. The maximum absolute atomic E-state index is 15.1. The van der Waals surface area contributed by atoms with Gasteiger partial charge in [-0.3, -0.25) is 14.9 Å². The molecule has 4 atom stereocenters. The summed E-state index contributed by atoms with van der Waals surface area (Å²) in [5.74, 6) is -0.313. The molecule has 4 aromatic rings. The first-order chi connectivity index (χ1) is 19.1. The van der Waals surface area contributed by atoms with Crippen LogP contribution in [0, 0.1) is 5.41 Å². The summed E-state index contributed by atoms with van der Waals surface area (Å²) in [5.41, 5.74) is 3.38. The first-order valence-corrected chi connectivity index (χ1v) is 13.7. The van der Waals surface area contributed by atoms with Crippen LogP contribution in [0.4, 0.5) is 5.69 Å². The Hall–Kier alpha value is -4.28. The van der Waals surface area contributed by atoms with Crippen LogP contribution in [0.25, 0.3) is 6.08 Å². The molecule has 1 aliphatic carbocycles. The van der Waals surface area contributed by atoms with Crippen LogP contribution in [0.2, 0.25) is 0 Å². The van der Waals surface area contributed by atoms with E-state index in [1.54, 1.807) is 0 Å². The molecule has 2 aliphatic heterocycles. The third-order valence-electron chi connectivity index (χ3n) is 9.00. The van der Waals surface area contributed by atoms with Crippen molar-refractivity contribution in [2.24, 2.45) is 5.41 Å². The van der Waals surface area contributed by atoms with Gasteiger partial charge in [0.15, 0.2) is 5.78 Å². The normalized spacial score (nSPS) is 28.7. The third kappa shape index (κ3) is 3.41. The summed E-state index contributed by atoms with van der Waals surface area (Å²) in [4.78, 5) is 29.5. The van der Waals surface area contributed by atoms with Crippen molar-refractivity contribution < 1.29 is 9.59 Å². The molecule has 2 spiro atoms. The molecule has 4 unspecified atom stereocenters. The summed E-state index contributed by atoms with van der Waals surface area (Å²) >= 11 is 0. The zero-order valence-corrected chi connectivity index (χ0v) is 21.6. The maximum Gasteiger partial charge on any atom is 0.250 e. The number of benzene rings is 4. The summed E-state index contributed by atoms with van der Waals surface area (Å²) < 4.78 is 0. The van der Waals surface area contributed by atoms with Crippen molar-refractivity contribution in [3.63, 3.8) is 0 Å². The molecule has 0 aromatic heterocycles. The number of carbonyl (C=O) groups is 2. The molecule has 4 aromatic carbocycles. The lowest BCUT2D eigenvalue weighted by Crippen LogP contribution is -2.59. The third-order valence-corrected chi connectivity index (χ3v) is 9.00. The van der Waals surface area contributed by atoms with Crippen LogP contribution < -0.4 is 10.6 Å². The van der Waals surface area contributed by atoms with Gasteiger partial charge in [0, 0.05) is 23.2 Å². The fraction of sp³-hybridized carbons (Fsp3) is 0.200. The van der Waals surface area contributed by atoms with Gasteiger partial charge in [-0.25, -0.2) is 0 Å². The van der Waals surface area contributed by atoms with E-state index in [-0.39, 0.29) is 23.7 Å². The van der Waals surface area contributed by atoms with Crippen LogP contribution in [-0.2, 0) is 15.1 Å². The van der Waals surface area contributed by atoms with E-state index in [9.17, 15) is 4.79 Å². The Morgan fingerprint density at radius 3 is 2.05 bits per heavy atom. The van der Waals surface area contributed by atoms with E-state index in [4.69, 9.17) is 0 Å². The molecular formula is C35H30N2O2. The number of ketones is 1. The van der Waals surface area contributed by atoms with E-state index >= 15 is 4.79 Å². The SMILES string of the molecule is O=C1Nc2ccccc2C12NC(c1ccccc1)C(c1ccccc1)C21CCC/C(=C\c2ccccc2)C1=O. The molecule has 192 valence electrons. The minimum atomic E-state index is -1.20. The molecule has 2 N–H and O–H groups in total. The smallest absolute Gasteiger partial charge is 0.250 e. The number of nitrogens with one attached hydrogen (secondary N) is 2. The zero-order chi connectivity index (χ0) is 26.5. The highest BCUT2D eigenvalue weighted by Crippen LogP contribution is 2.67. The second kappa shape index (κ2) is 9.18. The van der Waals surface area contributed by atoms with E-state index in [0.29, 0.717) is 12.8 Å². The van der Waals surface area contributed by atoms with E-state index in [1.807, 2.05) is 97.1 Å². The molecule has 0 bridgehead atoms. The highest BCUT2D eigenvalue weighted by molar-refractivity contribution is 6.15. The lowest BCUT2D eigenvalue weighted by atomic mass is 9.52. The Kier molecular flexibility index (Phi) is 5.60. The first kappa shape index (κ1) is 23.8. The lowest BCUT2D eigenvalue weighted by molar-refractivity contribution is -0.140. The van der Waals surface area contributed by atoms with Crippen molar-refractivity contribution in [3.8, 4) is 0 Å². The number of carbonyl (C=O) groups excluding carboxylic acids is 2. The molecule has 2 fully saturated rings. The van der Waals surface area contributed by atoms with Gasteiger partial charge in [0.2, 0.25) is 5.91 Å². The van der Waals surface area contributed by atoms with Crippen LogP contribution in [-0.4, -0.2) is 11.7 Å². The van der Waals surface area contributed by atoms with E-state index in [1.165, 1.54) is 0 Å². The highest BCUT2D eigenvalue weighted by atomic mass is 16.2. The van der Waals surface area contributed by atoms with E-state index in [0.717, 1.165) is 39.9 Å². The minimum absolute atomic E-state index is 0.0734. The number of Topliss-reactive ketones (excluding diaryl/α,β-unsaturated/α-hetero) is 1. The lowest BCUT2D eigenvalue weighted by Gasteiger charge is -2.47. The summed E-state index contributed by atoms with van der Waals surface area (Å²) in [7, 11) is 0. The Labute approximate surface area is 228 Å². The number of allylic oxidation sites excluding steroid dienone is 1. The van der Waals surface area contributed by atoms with E-state index in [2.05, 4.69) is 34.9 Å². The first-order valence-electron chi connectivity index (χ1n) is 13.7. The molecule has 4 heteroatoms. The van der Waals surface area contributed by atoms with Gasteiger partial charge in [-0.15, -0.1) is 0 Å². The summed E-state index contributed by atoms with van der Waals surface area (Å²) in [6.07, 6.45) is 4.18. The van der Waals surface area contributed by atoms with Gasteiger partial charge >= 0.3 is 0 Å². The van der Waals surface area contributed by atoms with Crippen molar-refractivity contribution in [2.45, 2.75) is 36.8 Å². The number of hydrogen-bond acceptors (Lipinski definition) is 3. The number of para-hydroxylation sites is 1. The Morgan fingerprint density at radius 2 is 1.33 bits per heavy atom. The fourth-order valence-corrected chi connectivity index (χ4v) is 7.49. The van der Waals surface area contributed by atoms with E-state index < -0.39 is 11.0 Å². The predicted octanol–water partition coefficient (Wildman–Crippen LogP) is 6.79. The average molecular weight is 511 g/mol. The van der Waals surface area contributed by atoms with Crippen LogP contribution >= 0.6 is 0 Å². The minimum Gasteiger partial charge on any atom is -0.324 e. The van der Waals surface area contributed by atoms with Crippen LogP contribution in [0.1, 0.15) is 53.5 Å². The molecule has 1 saturated heterocycles. The Bertz CT molecular complexity index is 1580. The monoisotopic (exact) mass is 510 g/mol. The Balaban J connectivity index is 1.53. The van der Waals surface area contributed by atoms with Crippen LogP contribution in [0.5, 0.6) is 0 Å². The highest BCUT2D eigenvalue weighted by Gasteiger charge is 2.74. The number of hydrogen-bond donors (Lipinski definition) is 2. The molecular weight excluding hydrogens is 480 g/mol. The maximum atomic E-state index is 15.1. The van der Waals surface area contributed by atoms with Gasteiger partial charge in [0.25, 0.3) is 0 Å². The zero-order valence-electron chi connectivity index (χ0n) is 21.6. The molecule has 39 heavy (non-hydrogen) atoms. The number of anilines is 1. The van der Waals surface area contributed by atoms with Gasteiger partial charge < -0.3 is 5.32 Å². The quantitative estimate of drug-likeness (QED) is 0.299. The van der Waals surface area contributed by atoms with Crippen molar-refractivity contribution in [2.75, 3.05) is 5.32 Å². The number of fused-ring (bicyclic) bond motifs is 3. The number of rotatable bonds is 3. The summed E-state index contributed by atoms with van der Waals surface area (Å²) in [6.45, 7) is 0. The van der Waals surface area contributed by atoms with Gasteiger partial charge in [-0.05, 0) is 53.7 Å². The number of amides is 1. The second-order valence-electron chi connectivity index (χ2n) is 10.9. The molecule has 1 amide bonds. The molecule has 2 heterocycles. The van der Waals surface area contributed by atoms with Crippen LogP contribution in [0.15, 0.2) is 121 Å². The predicted molar refractivity (Wildman–Crippen MR) is 154 cm³/mol. The largest absolute Gasteiger partial charge is 0.324 e. The van der Waals surface area contributed by atoms with Gasteiger partial charge in [-0.1, -0.05) is 109 Å². The fourth-order valence-electron chi connectivity index (χ4n) is 7.49. The van der Waals surface area contributed by atoms with Crippen molar-refractivity contribution in [1.29, 1.82) is 0 Å². The topological polar surface area (TPSA) is 58.2 Å². The van der Waals surface area contributed by atoms with Crippen molar-refractivity contribution >= 4 is 23.5 Å². The van der Waals surface area contributed by atoms with Crippen LogP contribution in [0.3, 0.4) is 0 Å². The van der Waals surface area contributed by atoms with Crippen molar-refractivity contribution in [3.05, 3.63) is 143 Å². The molecule has 1 saturated carbocycles. The van der Waals surface area contributed by atoms with Gasteiger partial charge in [0.05, 0.1) is 5.41 Å². The molecule has 4 nitrogen and oxygen atoms in total. The molecule has 0 radical (unpaired) electrons. The van der Waals surface area contributed by atoms with Gasteiger partial charge in [0.1, 0.15) is 5.54 Å². The molecule has 3 aliphatic rings. The van der Waals surface area contributed by atoms with Crippen molar-refractivity contribution in [1.82, 2.24) is 5.32 Å². The standard InChI is InChI=1S/C35H30N2O2/c38-32-27(23-24-13-4-1-5-14-24)19-12-22-34(32)30(25-15-6-2-7-16-25)31(26-17-8-3-9-18-26)37-35(34)28-20-10-11-21-29(28)36-33(35)39/h1-11,13-18,20-21,23,30-31,37H,12,19,22H2,(H,36,39)/b27-23+.